The number of carbonyl (C=O) groups excluding carboxylic acids is 1. The van der Waals surface area contributed by atoms with Crippen LogP contribution >= 0.6 is 0 Å². The van der Waals surface area contributed by atoms with Gasteiger partial charge in [0.25, 0.3) is 5.91 Å². The smallest absolute Gasteiger partial charge is 0.270 e. The molecule has 2 N–H and O–H groups in total. The first-order chi connectivity index (χ1) is 14.9. The van der Waals surface area contributed by atoms with Crippen LogP contribution in [-0.4, -0.2) is 88.2 Å². The van der Waals surface area contributed by atoms with Crippen LogP contribution in [0.1, 0.15) is 24.3 Å². The van der Waals surface area contributed by atoms with E-state index in [1.54, 1.807) is 19.2 Å². The number of rotatable bonds is 12. The molecule has 3 rings (SSSR count). The maximum Gasteiger partial charge on any atom is 0.270 e. The fourth-order valence-electron chi connectivity index (χ4n) is 3.34. The van der Waals surface area contributed by atoms with Crippen molar-refractivity contribution in [3.8, 4) is 5.88 Å². The number of nitrogens with zero attached hydrogens (tertiary/aromatic N) is 2. The van der Waals surface area contributed by atoms with Crippen molar-refractivity contribution in [1.82, 2.24) is 10.3 Å². The largest absolute Gasteiger partial charge is 0.475 e. The van der Waals surface area contributed by atoms with Crippen LogP contribution < -0.4 is 15.0 Å². The molecule has 2 aliphatic rings. The molecule has 1 aromatic rings. The number of methoxy groups -OCH3 is 1. The van der Waals surface area contributed by atoms with E-state index in [0.717, 1.165) is 5.69 Å². The Morgan fingerprint density at radius 2 is 2.16 bits per heavy atom. The van der Waals surface area contributed by atoms with Crippen LogP contribution in [0.4, 0.5) is 10.1 Å². The van der Waals surface area contributed by atoms with Gasteiger partial charge in [0.05, 0.1) is 44.0 Å². The monoisotopic (exact) mass is 441 g/mol. The van der Waals surface area contributed by atoms with Gasteiger partial charge in [0.15, 0.2) is 6.86 Å². The minimum absolute atomic E-state index is 0.0530. The van der Waals surface area contributed by atoms with Crippen molar-refractivity contribution in [3.05, 3.63) is 17.8 Å². The van der Waals surface area contributed by atoms with E-state index in [-0.39, 0.29) is 49.5 Å². The molecule has 2 saturated heterocycles. The normalized spacial score (nSPS) is 19.0. The lowest BCUT2D eigenvalue weighted by Gasteiger charge is -2.41. The minimum Gasteiger partial charge on any atom is -0.475 e. The molecule has 0 saturated carbocycles. The van der Waals surface area contributed by atoms with Crippen molar-refractivity contribution in [1.29, 1.82) is 0 Å². The van der Waals surface area contributed by atoms with E-state index in [0.29, 0.717) is 32.2 Å². The summed E-state index contributed by atoms with van der Waals surface area (Å²) in [6, 6.07) is 3.09. The van der Waals surface area contributed by atoms with Crippen LogP contribution in [0.3, 0.4) is 0 Å². The third-order valence-corrected chi connectivity index (χ3v) is 5.76. The molecule has 1 atom stereocenters. The average Bonchev–Trinajstić information content (AvgIpc) is 2.70. The maximum atomic E-state index is 12.8. The molecule has 174 valence electrons. The Balaban J connectivity index is 1.75. The van der Waals surface area contributed by atoms with E-state index < -0.39 is 12.3 Å². The molecule has 0 unspecified atom stereocenters. The van der Waals surface area contributed by atoms with E-state index in [1.165, 1.54) is 0 Å². The average molecular weight is 442 g/mol. The number of aliphatic hydroxyl groups excluding tert-OH is 1. The zero-order valence-electron chi connectivity index (χ0n) is 18.3. The fourth-order valence-corrected chi connectivity index (χ4v) is 3.34. The Bertz CT molecular complexity index is 734. The molecule has 3 heterocycles. The highest BCUT2D eigenvalue weighted by atomic mass is 19.1. The van der Waals surface area contributed by atoms with Crippen LogP contribution in [0.5, 0.6) is 5.88 Å². The molecule has 0 aliphatic carbocycles. The number of anilines is 1. The molecule has 1 amide bonds. The van der Waals surface area contributed by atoms with Crippen molar-refractivity contribution < 1.29 is 33.2 Å². The highest BCUT2D eigenvalue weighted by molar-refractivity contribution is 5.93. The van der Waals surface area contributed by atoms with E-state index in [9.17, 15) is 14.3 Å². The number of nitrogens with one attached hydrogen (secondary N) is 1. The highest BCUT2D eigenvalue weighted by Gasteiger charge is 2.40. The van der Waals surface area contributed by atoms with E-state index in [2.05, 4.69) is 15.2 Å². The molecular formula is C21H32FN3O6. The first-order valence-electron chi connectivity index (χ1n) is 10.5. The van der Waals surface area contributed by atoms with Gasteiger partial charge in [-0.2, -0.15) is 0 Å². The molecule has 1 aromatic heterocycles. The number of pyridine rings is 1. The van der Waals surface area contributed by atoms with Crippen LogP contribution in [0.25, 0.3) is 0 Å². The molecule has 0 aromatic carbocycles. The van der Waals surface area contributed by atoms with Crippen molar-refractivity contribution in [3.63, 3.8) is 0 Å². The van der Waals surface area contributed by atoms with Crippen molar-refractivity contribution in [2.45, 2.75) is 26.0 Å². The van der Waals surface area contributed by atoms with Gasteiger partial charge in [-0.05, 0) is 18.1 Å². The van der Waals surface area contributed by atoms with Crippen LogP contribution in [0.2, 0.25) is 0 Å². The number of aromatic nitrogens is 1. The zero-order chi connectivity index (χ0) is 22.4. The highest BCUT2D eigenvalue weighted by Crippen LogP contribution is 2.34. The number of ether oxygens (including phenoxy) is 4. The summed E-state index contributed by atoms with van der Waals surface area (Å²) in [6.07, 6.45) is 0.141. The maximum absolute atomic E-state index is 12.8. The Morgan fingerprint density at radius 3 is 2.71 bits per heavy atom. The number of aliphatic hydroxyl groups is 1. The molecule has 0 spiro atoms. The van der Waals surface area contributed by atoms with Crippen LogP contribution in [-0.2, 0) is 14.2 Å². The Labute approximate surface area is 181 Å². The number of carbonyl (C=O) groups is 1. The summed E-state index contributed by atoms with van der Waals surface area (Å²) in [4.78, 5) is 19.3. The van der Waals surface area contributed by atoms with Gasteiger partial charge in [-0.15, -0.1) is 0 Å². The Kier molecular flexibility index (Phi) is 8.04. The van der Waals surface area contributed by atoms with Gasteiger partial charge in [0.1, 0.15) is 18.0 Å². The second kappa shape index (κ2) is 10.5. The number of halogens is 1. The number of hydrogen-bond donors (Lipinski definition) is 2. The summed E-state index contributed by atoms with van der Waals surface area (Å²) in [5, 5.41) is 12.5. The summed E-state index contributed by atoms with van der Waals surface area (Å²) in [7, 11) is 1.67. The topological polar surface area (TPSA) is 102 Å². The molecule has 31 heavy (non-hydrogen) atoms. The SMILES string of the molecule is COC1CN(c2ccc(C(=O)N[C@H](COCF)C(C)C)nc2OCC2(CO)COC2)C1. The van der Waals surface area contributed by atoms with Gasteiger partial charge in [0.2, 0.25) is 5.88 Å². The summed E-state index contributed by atoms with van der Waals surface area (Å²) in [5.41, 5.74) is 0.504. The van der Waals surface area contributed by atoms with Crippen molar-refractivity contribution in [2.75, 3.05) is 65.0 Å². The summed E-state index contributed by atoms with van der Waals surface area (Å²) < 4.78 is 33.8. The van der Waals surface area contributed by atoms with Crippen LogP contribution in [0, 0.1) is 11.3 Å². The van der Waals surface area contributed by atoms with E-state index in [4.69, 9.17) is 18.9 Å². The van der Waals surface area contributed by atoms with Gasteiger partial charge >= 0.3 is 0 Å². The van der Waals surface area contributed by atoms with Gasteiger partial charge in [-0.3, -0.25) is 4.79 Å². The predicted molar refractivity (Wildman–Crippen MR) is 111 cm³/mol. The third-order valence-electron chi connectivity index (χ3n) is 5.76. The molecular weight excluding hydrogens is 409 g/mol. The molecule has 2 aliphatic heterocycles. The number of alkyl halides is 1. The van der Waals surface area contributed by atoms with Gasteiger partial charge in [-0.25, -0.2) is 9.37 Å². The number of amides is 1. The summed E-state index contributed by atoms with van der Waals surface area (Å²) in [5.74, 6) is -0.0107. The quantitative estimate of drug-likeness (QED) is 0.495. The molecule has 10 heteroatoms. The number of hydrogen-bond acceptors (Lipinski definition) is 8. The van der Waals surface area contributed by atoms with Gasteiger partial charge < -0.3 is 34.3 Å². The zero-order valence-corrected chi connectivity index (χ0v) is 18.3. The van der Waals surface area contributed by atoms with Crippen molar-refractivity contribution >= 4 is 11.6 Å². The lowest BCUT2D eigenvalue weighted by atomic mass is 9.88. The standard InChI is InChI=1S/C21H32FN3O6/c1-14(2)17(8-29-13-22)23-19(27)16-4-5-18(25-6-15(7-25)28-3)20(24-16)31-12-21(9-26)10-30-11-21/h4-5,14-15,17,26H,6-13H2,1-3H3,(H,23,27)/t17-/m1/s1. The fraction of sp³-hybridized carbons (Fsp3) is 0.714. The summed E-state index contributed by atoms with van der Waals surface area (Å²) >= 11 is 0. The second-order valence-corrected chi connectivity index (χ2v) is 8.53. The Morgan fingerprint density at radius 1 is 1.42 bits per heavy atom. The molecule has 0 radical (unpaired) electrons. The molecule has 2 fully saturated rings. The first-order valence-corrected chi connectivity index (χ1v) is 10.5. The second-order valence-electron chi connectivity index (χ2n) is 8.53. The Hall–Kier alpha value is -2.01. The van der Waals surface area contributed by atoms with Crippen molar-refractivity contribution in [2.24, 2.45) is 11.3 Å². The lowest BCUT2D eigenvalue weighted by molar-refractivity contribution is -0.153. The first kappa shape index (κ1) is 23.6. The minimum atomic E-state index is -0.904. The third kappa shape index (κ3) is 5.62. The van der Waals surface area contributed by atoms with Gasteiger partial charge in [-0.1, -0.05) is 13.8 Å². The summed E-state index contributed by atoms with van der Waals surface area (Å²) in [6.45, 7) is 5.42. The molecule has 9 nitrogen and oxygen atoms in total. The predicted octanol–water partition coefficient (Wildman–Crippen LogP) is 1.00. The molecule has 0 bridgehead atoms. The van der Waals surface area contributed by atoms with E-state index in [1.807, 2.05) is 13.8 Å². The van der Waals surface area contributed by atoms with E-state index >= 15 is 0 Å². The van der Waals surface area contributed by atoms with Crippen LogP contribution in [0.15, 0.2) is 12.1 Å². The lowest BCUT2D eigenvalue weighted by Crippen LogP contribution is -2.52. The van der Waals surface area contributed by atoms with Gasteiger partial charge in [0, 0.05) is 20.2 Å².